The highest BCUT2D eigenvalue weighted by atomic mass is 32.2. The van der Waals surface area contributed by atoms with Gasteiger partial charge in [0.15, 0.2) is 9.84 Å². The molecular weight excluding hydrogens is 222 g/mol. The zero-order valence-electron chi connectivity index (χ0n) is 10.9. The normalized spacial score (nSPS) is 21.2. The Balaban J connectivity index is 2.91. The first-order valence-corrected chi connectivity index (χ1v) is 8.12. The third kappa shape index (κ3) is 2.77. The van der Waals surface area contributed by atoms with E-state index in [1.54, 1.807) is 0 Å². The number of sulfone groups is 1. The number of hydrogen-bond donors (Lipinski definition) is 1. The lowest BCUT2D eigenvalue weighted by Crippen LogP contribution is -2.54. The molecule has 0 aliphatic heterocycles. The van der Waals surface area contributed by atoms with Crippen LogP contribution in [0.15, 0.2) is 0 Å². The van der Waals surface area contributed by atoms with Gasteiger partial charge in [-0.3, -0.25) is 0 Å². The zero-order chi connectivity index (χ0) is 12.4. The highest BCUT2D eigenvalue weighted by molar-refractivity contribution is 7.92. The summed E-state index contributed by atoms with van der Waals surface area (Å²) in [5, 5.41) is 3.39. The van der Waals surface area contributed by atoms with Gasteiger partial charge in [-0.25, -0.2) is 8.42 Å². The Morgan fingerprint density at radius 1 is 1.31 bits per heavy atom. The standard InChI is InChI=1S/C12H25NO2S/c1-5-13-11(10-8-6-7-9-10)12(2,3)16(4,14)15/h10-11,13H,5-9H2,1-4H3. The Kier molecular flexibility index (Phi) is 4.41. The molecule has 0 aromatic heterocycles. The molecule has 1 rings (SSSR count). The van der Waals surface area contributed by atoms with E-state index in [4.69, 9.17) is 0 Å². The van der Waals surface area contributed by atoms with Crippen molar-refractivity contribution < 1.29 is 8.42 Å². The maximum absolute atomic E-state index is 11.9. The summed E-state index contributed by atoms with van der Waals surface area (Å²) in [4.78, 5) is 0. The summed E-state index contributed by atoms with van der Waals surface area (Å²) < 4.78 is 23.1. The van der Waals surface area contributed by atoms with E-state index < -0.39 is 14.6 Å². The lowest BCUT2D eigenvalue weighted by molar-refractivity contribution is 0.303. The molecule has 1 N–H and O–H groups in total. The summed E-state index contributed by atoms with van der Waals surface area (Å²) in [6.45, 7) is 6.59. The van der Waals surface area contributed by atoms with Gasteiger partial charge in [0.25, 0.3) is 0 Å². The van der Waals surface area contributed by atoms with Crippen LogP contribution in [0.5, 0.6) is 0 Å². The van der Waals surface area contributed by atoms with E-state index in [2.05, 4.69) is 5.32 Å². The molecule has 3 nitrogen and oxygen atoms in total. The molecule has 16 heavy (non-hydrogen) atoms. The van der Waals surface area contributed by atoms with Crippen molar-refractivity contribution in [3.05, 3.63) is 0 Å². The molecule has 0 aromatic carbocycles. The predicted molar refractivity (Wildman–Crippen MR) is 68.3 cm³/mol. The monoisotopic (exact) mass is 247 g/mol. The molecule has 0 saturated heterocycles. The van der Waals surface area contributed by atoms with E-state index in [0.29, 0.717) is 5.92 Å². The minimum Gasteiger partial charge on any atom is -0.312 e. The SMILES string of the molecule is CCNC(C1CCCC1)C(C)(C)S(C)(=O)=O. The van der Waals surface area contributed by atoms with Crippen LogP contribution in [0.25, 0.3) is 0 Å². The Morgan fingerprint density at radius 2 is 1.81 bits per heavy atom. The molecule has 1 saturated carbocycles. The van der Waals surface area contributed by atoms with Gasteiger partial charge in [-0.1, -0.05) is 19.8 Å². The van der Waals surface area contributed by atoms with Crippen molar-refractivity contribution in [1.82, 2.24) is 5.32 Å². The first-order chi connectivity index (χ1) is 7.30. The molecule has 4 heteroatoms. The fraction of sp³-hybridized carbons (Fsp3) is 1.00. The van der Waals surface area contributed by atoms with E-state index >= 15 is 0 Å². The summed E-state index contributed by atoms with van der Waals surface area (Å²) in [5.74, 6) is 0.518. The van der Waals surface area contributed by atoms with E-state index in [0.717, 1.165) is 19.4 Å². The minimum absolute atomic E-state index is 0.0926. The minimum atomic E-state index is -3.02. The van der Waals surface area contributed by atoms with E-state index in [9.17, 15) is 8.42 Å². The summed E-state index contributed by atoms with van der Waals surface area (Å²) in [6, 6.07) is 0.0926. The zero-order valence-corrected chi connectivity index (χ0v) is 11.7. The van der Waals surface area contributed by atoms with Gasteiger partial charge in [-0.15, -0.1) is 0 Å². The molecule has 0 heterocycles. The fourth-order valence-electron chi connectivity index (χ4n) is 2.72. The van der Waals surface area contributed by atoms with Crippen LogP contribution in [0.3, 0.4) is 0 Å². The summed E-state index contributed by atoms with van der Waals surface area (Å²) in [6.07, 6.45) is 6.17. The maximum atomic E-state index is 11.9. The van der Waals surface area contributed by atoms with Gasteiger partial charge in [0.1, 0.15) is 0 Å². The summed E-state index contributed by atoms with van der Waals surface area (Å²) in [7, 11) is -3.02. The van der Waals surface area contributed by atoms with Crippen LogP contribution in [0.2, 0.25) is 0 Å². The summed E-state index contributed by atoms with van der Waals surface area (Å²) in [5.41, 5.74) is 0. The average Bonchev–Trinajstić information content (AvgIpc) is 2.64. The van der Waals surface area contributed by atoms with Crippen molar-refractivity contribution in [1.29, 1.82) is 0 Å². The molecule has 0 spiro atoms. The third-order valence-electron chi connectivity index (χ3n) is 4.00. The van der Waals surface area contributed by atoms with Crippen LogP contribution in [-0.2, 0) is 9.84 Å². The van der Waals surface area contributed by atoms with Crippen molar-refractivity contribution in [2.75, 3.05) is 12.8 Å². The van der Waals surface area contributed by atoms with Crippen LogP contribution < -0.4 is 5.32 Å². The Bertz CT molecular complexity index is 316. The largest absolute Gasteiger partial charge is 0.312 e. The van der Waals surface area contributed by atoms with Gasteiger partial charge in [-0.05, 0) is 39.2 Å². The first-order valence-electron chi connectivity index (χ1n) is 6.23. The molecule has 1 aliphatic carbocycles. The van der Waals surface area contributed by atoms with E-state index in [-0.39, 0.29) is 6.04 Å². The van der Waals surface area contributed by atoms with Gasteiger partial charge in [-0.2, -0.15) is 0 Å². The third-order valence-corrected chi connectivity index (χ3v) is 6.17. The van der Waals surface area contributed by atoms with Gasteiger partial charge in [0.2, 0.25) is 0 Å². The molecule has 1 atom stereocenters. The van der Waals surface area contributed by atoms with Crippen LogP contribution >= 0.6 is 0 Å². The van der Waals surface area contributed by atoms with Gasteiger partial charge in [0, 0.05) is 12.3 Å². The van der Waals surface area contributed by atoms with Gasteiger partial charge in [0.05, 0.1) is 4.75 Å². The predicted octanol–water partition coefficient (Wildman–Crippen LogP) is 1.98. The highest BCUT2D eigenvalue weighted by Gasteiger charge is 2.43. The Labute approximate surface area is 99.9 Å². The van der Waals surface area contributed by atoms with Crippen LogP contribution in [0.4, 0.5) is 0 Å². The molecular formula is C12H25NO2S. The fourth-order valence-corrected chi connectivity index (χ4v) is 3.46. The molecule has 96 valence electrons. The van der Waals surface area contributed by atoms with Crippen LogP contribution in [0.1, 0.15) is 46.5 Å². The summed E-state index contributed by atoms with van der Waals surface area (Å²) >= 11 is 0. The Morgan fingerprint density at radius 3 is 2.19 bits per heavy atom. The van der Waals surface area contributed by atoms with Crippen molar-refractivity contribution in [2.24, 2.45) is 5.92 Å². The van der Waals surface area contributed by atoms with E-state index in [1.165, 1.54) is 19.1 Å². The lowest BCUT2D eigenvalue weighted by Gasteiger charge is -2.37. The van der Waals surface area contributed by atoms with Crippen molar-refractivity contribution in [2.45, 2.75) is 57.2 Å². The second kappa shape index (κ2) is 5.05. The van der Waals surface area contributed by atoms with E-state index in [1.807, 2.05) is 20.8 Å². The van der Waals surface area contributed by atoms with Gasteiger partial charge >= 0.3 is 0 Å². The van der Waals surface area contributed by atoms with Crippen molar-refractivity contribution >= 4 is 9.84 Å². The molecule has 0 bridgehead atoms. The highest BCUT2D eigenvalue weighted by Crippen LogP contribution is 2.35. The number of rotatable bonds is 5. The van der Waals surface area contributed by atoms with Crippen LogP contribution in [0, 0.1) is 5.92 Å². The molecule has 1 unspecified atom stereocenters. The smallest absolute Gasteiger partial charge is 0.154 e. The Hall–Kier alpha value is -0.0900. The van der Waals surface area contributed by atoms with Crippen molar-refractivity contribution in [3.8, 4) is 0 Å². The maximum Gasteiger partial charge on any atom is 0.154 e. The second-order valence-electron chi connectivity index (χ2n) is 5.46. The van der Waals surface area contributed by atoms with Gasteiger partial charge < -0.3 is 5.32 Å². The molecule has 0 amide bonds. The average molecular weight is 247 g/mol. The lowest BCUT2D eigenvalue weighted by atomic mass is 9.88. The molecule has 1 aliphatic rings. The number of nitrogens with one attached hydrogen (secondary N) is 1. The number of hydrogen-bond acceptors (Lipinski definition) is 3. The quantitative estimate of drug-likeness (QED) is 0.808. The van der Waals surface area contributed by atoms with Crippen molar-refractivity contribution in [3.63, 3.8) is 0 Å². The van der Waals surface area contributed by atoms with Crippen LogP contribution in [-0.4, -0.2) is 32.0 Å². The topological polar surface area (TPSA) is 46.2 Å². The second-order valence-corrected chi connectivity index (χ2v) is 8.05. The molecule has 0 radical (unpaired) electrons. The molecule has 1 fully saturated rings. The molecule has 0 aromatic rings. The first kappa shape index (κ1) is 14.0.